The van der Waals surface area contributed by atoms with Crippen LogP contribution >= 0.6 is 11.6 Å². The molecule has 2 aromatic carbocycles. The molecule has 0 atom stereocenters. The van der Waals surface area contributed by atoms with Gasteiger partial charge in [-0.3, -0.25) is 0 Å². The fourth-order valence-corrected chi connectivity index (χ4v) is 5.07. The minimum absolute atomic E-state index is 0.0919. The van der Waals surface area contributed by atoms with E-state index >= 15 is 0 Å². The van der Waals surface area contributed by atoms with Gasteiger partial charge in [-0.05, 0) is 60.9 Å². The van der Waals surface area contributed by atoms with Crippen molar-refractivity contribution in [3.63, 3.8) is 0 Å². The average Bonchev–Trinajstić information content (AvgIpc) is 2.68. The number of aliphatic hydroxyl groups excluding tert-OH is 1. The normalized spacial score (nSPS) is 17.9. The Labute approximate surface area is 160 Å². The van der Waals surface area contributed by atoms with Gasteiger partial charge in [0.2, 0.25) is 10.0 Å². The fourth-order valence-electron chi connectivity index (χ4n) is 3.50. The van der Waals surface area contributed by atoms with Gasteiger partial charge < -0.3 is 5.11 Å². The molecule has 0 amide bonds. The standard InChI is InChI=1S/C20H24ClNO3S/c21-18-6-8-19(9-7-18)26(24,25)22-14-12-20(16-23,13-15-22)11-10-17-4-2-1-3-5-17/h1-9,23H,10-16H2. The summed E-state index contributed by atoms with van der Waals surface area (Å²) in [5.41, 5.74) is 1.04. The smallest absolute Gasteiger partial charge is 0.243 e. The molecule has 2 aromatic rings. The summed E-state index contributed by atoms with van der Waals surface area (Å²) in [4.78, 5) is 0.266. The average molecular weight is 394 g/mol. The van der Waals surface area contributed by atoms with E-state index in [4.69, 9.17) is 11.6 Å². The van der Waals surface area contributed by atoms with Crippen LogP contribution in [-0.2, 0) is 16.4 Å². The highest BCUT2D eigenvalue weighted by molar-refractivity contribution is 7.89. The first-order chi connectivity index (χ1) is 12.5. The first-order valence-corrected chi connectivity index (χ1v) is 10.7. The molecule has 0 spiro atoms. The summed E-state index contributed by atoms with van der Waals surface area (Å²) in [6.45, 7) is 0.954. The zero-order valence-corrected chi connectivity index (χ0v) is 16.2. The minimum atomic E-state index is -3.51. The Hall–Kier alpha value is -1.40. The summed E-state index contributed by atoms with van der Waals surface area (Å²) in [6, 6.07) is 16.5. The van der Waals surface area contributed by atoms with Gasteiger partial charge in [0.05, 0.1) is 4.90 Å². The van der Waals surface area contributed by atoms with Crippen molar-refractivity contribution in [3.8, 4) is 0 Å². The Kier molecular flexibility index (Phi) is 6.03. The van der Waals surface area contributed by atoms with Crippen molar-refractivity contribution in [2.45, 2.75) is 30.6 Å². The van der Waals surface area contributed by atoms with Gasteiger partial charge in [0, 0.05) is 24.7 Å². The van der Waals surface area contributed by atoms with Gasteiger partial charge in [-0.2, -0.15) is 4.31 Å². The maximum absolute atomic E-state index is 12.8. The van der Waals surface area contributed by atoms with Gasteiger partial charge >= 0.3 is 0 Å². The van der Waals surface area contributed by atoms with Crippen LogP contribution in [0.2, 0.25) is 5.02 Å². The molecule has 3 rings (SSSR count). The lowest BCUT2D eigenvalue weighted by molar-refractivity contribution is 0.0605. The van der Waals surface area contributed by atoms with E-state index in [0.717, 1.165) is 12.8 Å². The summed E-state index contributed by atoms with van der Waals surface area (Å²) < 4.78 is 27.1. The van der Waals surface area contributed by atoms with Crippen molar-refractivity contribution >= 4 is 21.6 Å². The lowest BCUT2D eigenvalue weighted by Crippen LogP contribution is -2.44. The molecule has 0 bridgehead atoms. The van der Waals surface area contributed by atoms with Crippen LogP contribution in [0.3, 0.4) is 0 Å². The van der Waals surface area contributed by atoms with Gasteiger partial charge in [0.1, 0.15) is 0 Å². The van der Waals surface area contributed by atoms with Crippen molar-refractivity contribution in [1.29, 1.82) is 0 Å². The largest absolute Gasteiger partial charge is 0.396 e. The number of hydrogen-bond acceptors (Lipinski definition) is 3. The molecular formula is C20H24ClNO3S. The first kappa shape index (κ1) is 19.4. The third kappa shape index (κ3) is 4.29. The second kappa shape index (κ2) is 8.09. The molecule has 1 heterocycles. The fraction of sp³-hybridized carbons (Fsp3) is 0.400. The van der Waals surface area contributed by atoms with E-state index in [1.54, 1.807) is 24.3 Å². The second-order valence-corrected chi connectivity index (χ2v) is 9.38. The number of nitrogens with zero attached hydrogens (tertiary/aromatic N) is 1. The van der Waals surface area contributed by atoms with Crippen molar-refractivity contribution < 1.29 is 13.5 Å². The first-order valence-electron chi connectivity index (χ1n) is 8.86. The highest BCUT2D eigenvalue weighted by Crippen LogP contribution is 2.37. The lowest BCUT2D eigenvalue weighted by atomic mass is 9.75. The molecule has 6 heteroatoms. The zero-order valence-electron chi connectivity index (χ0n) is 14.6. The molecule has 0 radical (unpaired) electrons. The van der Waals surface area contributed by atoms with Gasteiger partial charge in [-0.15, -0.1) is 0 Å². The SMILES string of the molecule is O=S(=O)(c1ccc(Cl)cc1)N1CCC(CO)(CCc2ccccc2)CC1. The van der Waals surface area contributed by atoms with E-state index in [1.165, 1.54) is 9.87 Å². The molecule has 1 aliphatic heterocycles. The van der Waals surface area contributed by atoms with Crippen LogP contribution in [0.15, 0.2) is 59.5 Å². The Morgan fingerprint density at radius 3 is 2.19 bits per heavy atom. The van der Waals surface area contributed by atoms with E-state index in [1.807, 2.05) is 18.2 Å². The monoisotopic (exact) mass is 393 g/mol. The Bertz CT molecular complexity index is 814. The van der Waals surface area contributed by atoms with E-state index in [0.29, 0.717) is 31.0 Å². The molecule has 0 unspecified atom stereocenters. The molecular weight excluding hydrogens is 370 g/mol. The molecule has 0 aromatic heterocycles. The molecule has 1 saturated heterocycles. The summed E-state index contributed by atoms with van der Waals surface area (Å²) in [6.07, 6.45) is 3.10. The number of halogens is 1. The van der Waals surface area contributed by atoms with E-state index in [9.17, 15) is 13.5 Å². The van der Waals surface area contributed by atoms with Gasteiger partial charge in [0.15, 0.2) is 0 Å². The van der Waals surface area contributed by atoms with Gasteiger partial charge in [0.25, 0.3) is 0 Å². The quantitative estimate of drug-likeness (QED) is 0.813. The number of benzene rings is 2. The predicted octanol–water partition coefficient (Wildman–Crippen LogP) is 3.74. The summed E-state index contributed by atoms with van der Waals surface area (Å²) in [5, 5.41) is 10.5. The van der Waals surface area contributed by atoms with E-state index in [2.05, 4.69) is 12.1 Å². The van der Waals surface area contributed by atoms with Crippen LogP contribution in [-0.4, -0.2) is 37.5 Å². The molecule has 1 fully saturated rings. The number of rotatable bonds is 6. The van der Waals surface area contributed by atoms with Gasteiger partial charge in [-0.25, -0.2) is 8.42 Å². The Balaban J connectivity index is 1.65. The molecule has 1 aliphatic rings. The summed E-state index contributed by atoms with van der Waals surface area (Å²) in [7, 11) is -3.51. The van der Waals surface area contributed by atoms with Crippen molar-refractivity contribution in [1.82, 2.24) is 4.31 Å². The highest BCUT2D eigenvalue weighted by atomic mass is 35.5. The molecule has 0 aliphatic carbocycles. The number of aliphatic hydroxyl groups is 1. The van der Waals surface area contributed by atoms with E-state index in [-0.39, 0.29) is 16.9 Å². The van der Waals surface area contributed by atoms with Crippen LogP contribution in [0.5, 0.6) is 0 Å². The van der Waals surface area contributed by atoms with Gasteiger partial charge in [-0.1, -0.05) is 41.9 Å². The minimum Gasteiger partial charge on any atom is -0.396 e. The van der Waals surface area contributed by atoms with Crippen molar-refractivity contribution in [3.05, 3.63) is 65.2 Å². The molecule has 26 heavy (non-hydrogen) atoms. The zero-order chi connectivity index (χ0) is 18.6. The van der Waals surface area contributed by atoms with Crippen LogP contribution in [0.4, 0.5) is 0 Å². The topological polar surface area (TPSA) is 57.6 Å². The number of hydrogen-bond donors (Lipinski definition) is 1. The third-order valence-corrected chi connectivity index (χ3v) is 7.52. The number of piperidine rings is 1. The van der Waals surface area contributed by atoms with Crippen LogP contribution in [0, 0.1) is 5.41 Å². The van der Waals surface area contributed by atoms with Crippen LogP contribution < -0.4 is 0 Å². The maximum Gasteiger partial charge on any atom is 0.243 e. The molecule has 1 N–H and O–H groups in total. The highest BCUT2D eigenvalue weighted by Gasteiger charge is 2.37. The lowest BCUT2D eigenvalue weighted by Gasteiger charge is -2.40. The van der Waals surface area contributed by atoms with Crippen molar-refractivity contribution in [2.24, 2.45) is 5.41 Å². The molecule has 140 valence electrons. The Morgan fingerprint density at radius 1 is 1.00 bits per heavy atom. The predicted molar refractivity (Wildman–Crippen MR) is 104 cm³/mol. The summed E-state index contributed by atoms with van der Waals surface area (Å²) in [5.74, 6) is 0. The van der Waals surface area contributed by atoms with Crippen molar-refractivity contribution in [2.75, 3.05) is 19.7 Å². The van der Waals surface area contributed by atoms with Crippen LogP contribution in [0.25, 0.3) is 0 Å². The number of sulfonamides is 1. The molecule has 4 nitrogen and oxygen atoms in total. The summed E-state index contributed by atoms with van der Waals surface area (Å²) >= 11 is 5.85. The van der Waals surface area contributed by atoms with E-state index < -0.39 is 10.0 Å². The maximum atomic E-state index is 12.8. The second-order valence-electron chi connectivity index (χ2n) is 7.00. The van der Waals surface area contributed by atoms with Crippen LogP contribution in [0.1, 0.15) is 24.8 Å². The Morgan fingerprint density at radius 2 is 1.62 bits per heavy atom. The third-order valence-electron chi connectivity index (χ3n) is 5.36. The number of aryl methyl sites for hydroxylation is 1. The molecule has 0 saturated carbocycles.